The Morgan fingerprint density at radius 1 is 1.28 bits per heavy atom. The lowest BCUT2D eigenvalue weighted by Crippen LogP contribution is -2.38. The van der Waals surface area contributed by atoms with Crippen molar-refractivity contribution in [1.29, 1.82) is 0 Å². The van der Waals surface area contributed by atoms with Crippen LogP contribution in [0.3, 0.4) is 0 Å². The van der Waals surface area contributed by atoms with Crippen molar-refractivity contribution >= 4 is 10.1 Å². The SMILES string of the molecule is Cc1ccc(S(=O)(=O)OC[C@@H](O)[C@@H]2CCc3cc(F)ccc3O2)cc1. The van der Waals surface area contributed by atoms with Crippen LogP contribution in [0.5, 0.6) is 5.75 Å². The van der Waals surface area contributed by atoms with Gasteiger partial charge >= 0.3 is 0 Å². The summed E-state index contributed by atoms with van der Waals surface area (Å²) in [5, 5.41) is 10.2. The van der Waals surface area contributed by atoms with E-state index in [9.17, 15) is 17.9 Å². The zero-order valence-corrected chi connectivity index (χ0v) is 14.5. The molecule has 1 aliphatic heterocycles. The van der Waals surface area contributed by atoms with Crippen LogP contribution in [-0.4, -0.2) is 32.3 Å². The number of hydrogen-bond acceptors (Lipinski definition) is 5. The minimum atomic E-state index is -3.94. The average molecular weight is 366 g/mol. The lowest BCUT2D eigenvalue weighted by Gasteiger charge is -2.29. The molecule has 0 radical (unpaired) electrons. The Kier molecular flexibility index (Phi) is 5.08. The summed E-state index contributed by atoms with van der Waals surface area (Å²) >= 11 is 0. The number of ether oxygens (including phenoxy) is 1. The molecule has 5 nitrogen and oxygen atoms in total. The third-order valence-corrected chi connectivity index (χ3v) is 5.43. The lowest BCUT2D eigenvalue weighted by molar-refractivity contribution is -0.00207. The summed E-state index contributed by atoms with van der Waals surface area (Å²) in [7, 11) is -3.94. The van der Waals surface area contributed by atoms with Crippen molar-refractivity contribution in [2.75, 3.05) is 6.61 Å². The molecule has 0 spiro atoms. The van der Waals surface area contributed by atoms with Gasteiger partial charge in [-0.3, -0.25) is 4.18 Å². The number of benzene rings is 2. The van der Waals surface area contributed by atoms with Crippen LogP contribution in [0, 0.1) is 12.7 Å². The first-order valence-electron chi connectivity index (χ1n) is 7.94. The fraction of sp³-hybridized carbons (Fsp3) is 0.333. The fourth-order valence-electron chi connectivity index (χ4n) is 2.69. The van der Waals surface area contributed by atoms with Crippen molar-refractivity contribution in [3.8, 4) is 5.75 Å². The number of aliphatic hydroxyl groups is 1. The summed E-state index contributed by atoms with van der Waals surface area (Å²) in [6.07, 6.45) is -0.727. The monoisotopic (exact) mass is 366 g/mol. The van der Waals surface area contributed by atoms with Crippen LogP contribution in [-0.2, 0) is 20.7 Å². The van der Waals surface area contributed by atoms with Gasteiger partial charge in [0.15, 0.2) is 0 Å². The van der Waals surface area contributed by atoms with Crippen molar-refractivity contribution in [2.45, 2.75) is 36.9 Å². The van der Waals surface area contributed by atoms with Gasteiger partial charge in [0.2, 0.25) is 0 Å². The molecule has 1 heterocycles. The van der Waals surface area contributed by atoms with E-state index in [0.29, 0.717) is 18.6 Å². The van der Waals surface area contributed by atoms with Gasteiger partial charge in [-0.25, -0.2) is 4.39 Å². The number of fused-ring (bicyclic) bond motifs is 1. The van der Waals surface area contributed by atoms with E-state index < -0.39 is 28.9 Å². The third kappa shape index (κ3) is 4.18. The van der Waals surface area contributed by atoms with Crippen LogP contribution in [0.15, 0.2) is 47.4 Å². The fourth-order valence-corrected chi connectivity index (χ4v) is 3.61. The Morgan fingerprint density at radius 3 is 2.72 bits per heavy atom. The van der Waals surface area contributed by atoms with Crippen LogP contribution in [0.2, 0.25) is 0 Å². The average Bonchev–Trinajstić information content (AvgIpc) is 2.59. The summed E-state index contributed by atoms with van der Waals surface area (Å²) in [6.45, 7) is 1.45. The highest BCUT2D eigenvalue weighted by Gasteiger charge is 2.28. The molecule has 3 rings (SSSR count). The number of halogens is 1. The van der Waals surface area contributed by atoms with E-state index in [1.807, 2.05) is 6.92 Å². The molecule has 0 aromatic heterocycles. The Balaban J connectivity index is 1.62. The normalized spacial score (nSPS) is 18.3. The van der Waals surface area contributed by atoms with Gasteiger partial charge in [0, 0.05) is 0 Å². The predicted octanol–water partition coefficient (Wildman–Crippen LogP) is 2.59. The van der Waals surface area contributed by atoms with Gasteiger partial charge in [-0.1, -0.05) is 17.7 Å². The minimum Gasteiger partial charge on any atom is -0.487 e. The molecule has 2 aromatic carbocycles. The van der Waals surface area contributed by atoms with E-state index in [2.05, 4.69) is 0 Å². The second-order valence-corrected chi connectivity index (χ2v) is 7.68. The van der Waals surface area contributed by atoms with Crippen LogP contribution >= 0.6 is 0 Å². The Morgan fingerprint density at radius 2 is 2.00 bits per heavy atom. The molecular formula is C18H19FO5S. The molecule has 0 bridgehead atoms. The summed E-state index contributed by atoms with van der Waals surface area (Å²) in [4.78, 5) is 0.0377. The summed E-state index contributed by atoms with van der Waals surface area (Å²) < 4.78 is 48.1. The molecule has 0 saturated heterocycles. The van der Waals surface area contributed by atoms with E-state index in [4.69, 9.17) is 8.92 Å². The molecule has 0 fully saturated rings. The first-order valence-corrected chi connectivity index (χ1v) is 9.35. The topological polar surface area (TPSA) is 72.8 Å². The summed E-state index contributed by atoms with van der Waals surface area (Å²) in [5.74, 6) is 0.159. The molecule has 0 amide bonds. The molecule has 7 heteroatoms. The summed E-state index contributed by atoms with van der Waals surface area (Å²) in [6, 6.07) is 10.5. The first kappa shape index (κ1) is 17.8. The molecule has 0 aliphatic carbocycles. The zero-order valence-electron chi connectivity index (χ0n) is 13.7. The largest absolute Gasteiger partial charge is 0.487 e. The standard InChI is InChI=1S/C18H19FO5S/c1-12-2-6-15(7-3-12)25(21,22)23-11-16(20)18-8-4-13-10-14(19)5-9-17(13)24-18/h2-3,5-7,9-10,16,18,20H,4,8,11H2,1H3/t16-,18+/m1/s1. The Bertz CT molecular complexity index is 848. The van der Waals surface area contributed by atoms with Crippen molar-refractivity contribution in [3.05, 3.63) is 59.4 Å². The molecule has 0 saturated carbocycles. The second kappa shape index (κ2) is 7.11. The second-order valence-electron chi connectivity index (χ2n) is 6.07. The predicted molar refractivity (Wildman–Crippen MR) is 89.5 cm³/mol. The number of hydrogen-bond donors (Lipinski definition) is 1. The first-order chi connectivity index (χ1) is 11.8. The van der Waals surface area contributed by atoms with Gasteiger partial charge in [-0.2, -0.15) is 8.42 Å². The molecule has 2 aromatic rings. The maximum atomic E-state index is 13.2. The minimum absolute atomic E-state index is 0.0377. The van der Waals surface area contributed by atoms with Crippen LogP contribution in [0.4, 0.5) is 4.39 Å². The highest BCUT2D eigenvalue weighted by molar-refractivity contribution is 7.86. The van der Waals surface area contributed by atoms with Crippen molar-refractivity contribution in [3.63, 3.8) is 0 Å². The van der Waals surface area contributed by atoms with Gasteiger partial charge < -0.3 is 9.84 Å². The maximum absolute atomic E-state index is 13.2. The quantitative estimate of drug-likeness (QED) is 0.824. The molecule has 134 valence electrons. The number of aliphatic hydroxyl groups excluding tert-OH is 1. The third-order valence-electron chi connectivity index (χ3n) is 4.13. The number of aryl methyl sites for hydroxylation is 2. The lowest BCUT2D eigenvalue weighted by atomic mass is 9.99. The summed E-state index contributed by atoms with van der Waals surface area (Å²) in [5.41, 5.74) is 1.67. The van der Waals surface area contributed by atoms with Gasteiger partial charge in [0.25, 0.3) is 10.1 Å². The van der Waals surface area contributed by atoms with Crippen molar-refractivity contribution in [2.24, 2.45) is 0 Å². The molecule has 1 aliphatic rings. The van der Waals surface area contributed by atoms with Crippen LogP contribution < -0.4 is 4.74 Å². The van der Waals surface area contributed by atoms with Crippen molar-refractivity contribution in [1.82, 2.24) is 0 Å². The van der Waals surface area contributed by atoms with Gasteiger partial charge in [-0.15, -0.1) is 0 Å². The van der Waals surface area contributed by atoms with E-state index in [1.54, 1.807) is 12.1 Å². The van der Waals surface area contributed by atoms with E-state index in [-0.39, 0.29) is 10.7 Å². The van der Waals surface area contributed by atoms with Gasteiger partial charge in [0.05, 0.1) is 11.5 Å². The van der Waals surface area contributed by atoms with Crippen molar-refractivity contribution < 1.29 is 26.8 Å². The highest BCUT2D eigenvalue weighted by atomic mass is 32.2. The van der Waals surface area contributed by atoms with E-state index in [0.717, 1.165) is 11.1 Å². The Labute approximate surface area is 146 Å². The van der Waals surface area contributed by atoms with Gasteiger partial charge in [-0.05, 0) is 55.7 Å². The number of rotatable bonds is 5. The Hall–Kier alpha value is -1.96. The molecule has 0 unspecified atom stereocenters. The smallest absolute Gasteiger partial charge is 0.297 e. The van der Waals surface area contributed by atoms with Crippen LogP contribution in [0.1, 0.15) is 17.5 Å². The van der Waals surface area contributed by atoms with E-state index >= 15 is 0 Å². The van der Waals surface area contributed by atoms with E-state index in [1.165, 1.54) is 30.3 Å². The molecule has 2 atom stereocenters. The molecular weight excluding hydrogens is 347 g/mol. The maximum Gasteiger partial charge on any atom is 0.297 e. The van der Waals surface area contributed by atoms with Gasteiger partial charge in [0.1, 0.15) is 23.8 Å². The molecule has 25 heavy (non-hydrogen) atoms. The molecule has 1 N–H and O–H groups in total. The zero-order chi connectivity index (χ0) is 18.0. The highest BCUT2D eigenvalue weighted by Crippen LogP contribution is 2.29. The van der Waals surface area contributed by atoms with Crippen LogP contribution in [0.25, 0.3) is 0 Å².